The van der Waals surface area contributed by atoms with Crippen LogP contribution in [0.3, 0.4) is 0 Å². The summed E-state index contributed by atoms with van der Waals surface area (Å²) in [5, 5.41) is 2.75. The molecule has 0 spiro atoms. The van der Waals surface area contributed by atoms with Gasteiger partial charge in [-0.05, 0) is 18.2 Å². The van der Waals surface area contributed by atoms with Crippen LogP contribution in [-0.2, 0) is 16.1 Å². The lowest BCUT2D eigenvalue weighted by Gasteiger charge is -2.38. The molecule has 1 amide bonds. The Bertz CT molecular complexity index is 469. The Labute approximate surface area is 110 Å². The first-order chi connectivity index (χ1) is 9.11. The van der Waals surface area contributed by atoms with Crippen molar-refractivity contribution in [3.05, 3.63) is 29.6 Å². The number of benzene rings is 1. The second-order valence-electron chi connectivity index (χ2n) is 4.62. The third-order valence-corrected chi connectivity index (χ3v) is 3.31. The summed E-state index contributed by atoms with van der Waals surface area (Å²) >= 11 is 0. The van der Waals surface area contributed by atoms with Crippen molar-refractivity contribution in [3.8, 4) is 5.75 Å². The zero-order chi connectivity index (χ0) is 13.9. The maximum absolute atomic E-state index is 13.2. The van der Waals surface area contributed by atoms with E-state index in [0.29, 0.717) is 24.5 Å². The number of hydrogen-bond acceptors (Lipinski definition) is 4. The highest BCUT2D eigenvalue weighted by molar-refractivity contribution is 5.84. The summed E-state index contributed by atoms with van der Waals surface area (Å²) in [5.74, 6) is -0.00788. The van der Waals surface area contributed by atoms with Gasteiger partial charge in [-0.3, -0.25) is 4.79 Å². The molecule has 0 aromatic heterocycles. The van der Waals surface area contributed by atoms with Crippen molar-refractivity contribution in [1.29, 1.82) is 0 Å². The van der Waals surface area contributed by atoms with Gasteiger partial charge in [0, 0.05) is 18.7 Å². The normalized spacial score (nSPS) is 16.6. The monoisotopic (exact) mass is 268 g/mol. The summed E-state index contributed by atoms with van der Waals surface area (Å²) in [6.45, 7) is 1.09. The van der Waals surface area contributed by atoms with Gasteiger partial charge < -0.3 is 20.5 Å². The Morgan fingerprint density at radius 1 is 1.58 bits per heavy atom. The number of ether oxygens (including phenoxy) is 2. The topological polar surface area (TPSA) is 73.6 Å². The highest BCUT2D eigenvalue weighted by Gasteiger charge is 2.44. The van der Waals surface area contributed by atoms with E-state index in [9.17, 15) is 9.18 Å². The molecule has 0 atom stereocenters. The predicted octanol–water partition coefficient (Wildman–Crippen LogP) is 0.426. The number of hydrogen-bond donors (Lipinski definition) is 2. The number of amides is 1. The molecule has 0 unspecified atom stereocenters. The molecule has 104 valence electrons. The molecular formula is C13H17FN2O3. The Kier molecular flexibility index (Phi) is 4.01. The number of methoxy groups -OCH3 is 1. The quantitative estimate of drug-likeness (QED) is 0.812. The summed E-state index contributed by atoms with van der Waals surface area (Å²) in [6, 6.07) is 4.18. The van der Waals surface area contributed by atoms with E-state index in [1.165, 1.54) is 25.3 Å². The Morgan fingerprint density at radius 2 is 2.32 bits per heavy atom. The van der Waals surface area contributed by atoms with Crippen LogP contribution in [0.15, 0.2) is 18.2 Å². The van der Waals surface area contributed by atoms with Gasteiger partial charge in [0.2, 0.25) is 5.91 Å². The SMILES string of the molecule is COc1ccc(F)cc1CNC(=O)C1(CN)COC1. The van der Waals surface area contributed by atoms with Crippen molar-refractivity contribution < 1.29 is 18.7 Å². The molecule has 2 rings (SSSR count). The largest absolute Gasteiger partial charge is 0.496 e. The van der Waals surface area contributed by atoms with Crippen molar-refractivity contribution in [2.75, 3.05) is 26.9 Å². The lowest BCUT2D eigenvalue weighted by Crippen LogP contribution is -2.58. The Balaban J connectivity index is 2.02. The van der Waals surface area contributed by atoms with Crippen LogP contribution < -0.4 is 15.8 Å². The van der Waals surface area contributed by atoms with Gasteiger partial charge in [-0.2, -0.15) is 0 Å². The third kappa shape index (κ3) is 2.69. The highest BCUT2D eigenvalue weighted by atomic mass is 19.1. The number of carbonyl (C=O) groups excluding carboxylic acids is 1. The lowest BCUT2D eigenvalue weighted by molar-refractivity contribution is -0.159. The van der Waals surface area contributed by atoms with Crippen molar-refractivity contribution >= 4 is 5.91 Å². The molecule has 0 saturated carbocycles. The first-order valence-corrected chi connectivity index (χ1v) is 6.00. The van der Waals surface area contributed by atoms with Gasteiger partial charge in [-0.25, -0.2) is 4.39 Å². The second kappa shape index (κ2) is 5.54. The first kappa shape index (κ1) is 13.8. The van der Waals surface area contributed by atoms with Gasteiger partial charge in [-0.1, -0.05) is 0 Å². The molecule has 5 nitrogen and oxygen atoms in total. The van der Waals surface area contributed by atoms with Crippen molar-refractivity contribution in [2.24, 2.45) is 11.1 Å². The molecule has 0 bridgehead atoms. The summed E-state index contributed by atoms with van der Waals surface area (Å²) in [5.41, 5.74) is 5.54. The third-order valence-electron chi connectivity index (χ3n) is 3.31. The number of carbonyl (C=O) groups is 1. The van der Waals surface area contributed by atoms with E-state index in [1.807, 2.05) is 0 Å². The molecule has 1 aromatic carbocycles. The molecule has 1 aromatic rings. The zero-order valence-corrected chi connectivity index (χ0v) is 10.7. The summed E-state index contributed by atoms with van der Waals surface area (Å²) < 4.78 is 23.3. The fourth-order valence-electron chi connectivity index (χ4n) is 1.94. The average molecular weight is 268 g/mol. The molecule has 19 heavy (non-hydrogen) atoms. The minimum Gasteiger partial charge on any atom is -0.496 e. The zero-order valence-electron chi connectivity index (χ0n) is 10.7. The summed E-state index contributed by atoms with van der Waals surface area (Å²) in [4.78, 5) is 12.0. The van der Waals surface area contributed by atoms with Gasteiger partial charge in [0.1, 0.15) is 17.0 Å². The molecule has 1 heterocycles. The Morgan fingerprint density at radius 3 is 2.84 bits per heavy atom. The summed E-state index contributed by atoms with van der Waals surface area (Å²) in [7, 11) is 1.50. The lowest BCUT2D eigenvalue weighted by atomic mass is 9.85. The molecule has 1 fully saturated rings. The molecule has 0 aliphatic carbocycles. The fraction of sp³-hybridized carbons (Fsp3) is 0.462. The van der Waals surface area contributed by atoms with Crippen molar-refractivity contribution in [3.63, 3.8) is 0 Å². The molecule has 3 N–H and O–H groups in total. The van der Waals surface area contributed by atoms with Crippen LogP contribution in [-0.4, -0.2) is 32.8 Å². The second-order valence-corrected chi connectivity index (χ2v) is 4.62. The van der Waals surface area contributed by atoms with E-state index < -0.39 is 5.41 Å². The van der Waals surface area contributed by atoms with Gasteiger partial charge in [0.25, 0.3) is 0 Å². The number of nitrogens with two attached hydrogens (primary N) is 1. The van der Waals surface area contributed by atoms with Gasteiger partial charge in [0.15, 0.2) is 0 Å². The van der Waals surface area contributed by atoms with Crippen LogP contribution in [0.5, 0.6) is 5.75 Å². The first-order valence-electron chi connectivity index (χ1n) is 6.00. The molecule has 6 heteroatoms. The van der Waals surface area contributed by atoms with E-state index in [2.05, 4.69) is 5.32 Å². The fourth-order valence-corrected chi connectivity index (χ4v) is 1.94. The van der Waals surface area contributed by atoms with Crippen LogP contribution in [0, 0.1) is 11.2 Å². The smallest absolute Gasteiger partial charge is 0.232 e. The molecular weight excluding hydrogens is 251 g/mol. The van der Waals surface area contributed by atoms with Crippen LogP contribution in [0.2, 0.25) is 0 Å². The molecule has 1 aliphatic heterocycles. The van der Waals surface area contributed by atoms with Crippen molar-refractivity contribution in [2.45, 2.75) is 6.54 Å². The highest BCUT2D eigenvalue weighted by Crippen LogP contribution is 2.26. The number of halogens is 1. The van der Waals surface area contributed by atoms with E-state index in [1.54, 1.807) is 0 Å². The predicted molar refractivity (Wildman–Crippen MR) is 67.1 cm³/mol. The molecule has 0 radical (unpaired) electrons. The minimum atomic E-state index is -0.638. The molecule has 1 aliphatic rings. The van der Waals surface area contributed by atoms with E-state index >= 15 is 0 Å². The van der Waals surface area contributed by atoms with Crippen LogP contribution in [0.1, 0.15) is 5.56 Å². The summed E-state index contributed by atoms with van der Waals surface area (Å²) in [6.07, 6.45) is 0. The van der Waals surface area contributed by atoms with Crippen LogP contribution >= 0.6 is 0 Å². The van der Waals surface area contributed by atoms with Crippen LogP contribution in [0.25, 0.3) is 0 Å². The van der Waals surface area contributed by atoms with E-state index in [0.717, 1.165) is 0 Å². The standard InChI is InChI=1S/C13H17FN2O3/c1-18-11-3-2-10(14)4-9(11)5-16-12(17)13(6-15)7-19-8-13/h2-4H,5-8,15H2,1H3,(H,16,17). The van der Waals surface area contributed by atoms with E-state index in [-0.39, 0.29) is 24.8 Å². The van der Waals surface area contributed by atoms with Crippen molar-refractivity contribution in [1.82, 2.24) is 5.32 Å². The van der Waals surface area contributed by atoms with Gasteiger partial charge >= 0.3 is 0 Å². The number of nitrogens with one attached hydrogen (secondary N) is 1. The maximum atomic E-state index is 13.2. The molecule has 1 saturated heterocycles. The number of rotatable bonds is 5. The minimum absolute atomic E-state index is 0.174. The van der Waals surface area contributed by atoms with Crippen LogP contribution in [0.4, 0.5) is 4.39 Å². The maximum Gasteiger partial charge on any atom is 0.232 e. The average Bonchev–Trinajstić information content (AvgIpc) is 2.36. The van der Waals surface area contributed by atoms with Gasteiger partial charge in [0.05, 0.1) is 20.3 Å². The van der Waals surface area contributed by atoms with Gasteiger partial charge in [-0.15, -0.1) is 0 Å². The Hall–Kier alpha value is -1.66. The van der Waals surface area contributed by atoms with E-state index in [4.69, 9.17) is 15.2 Å².